The average molecular weight is 293 g/mol. The van der Waals surface area contributed by atoms with Crippen LogP contribution in [0.5, 0.6) is 0 Å². The van der Waals surface area contributed by atoms with Gasteiger partial charge in [-0.05, 0) is 12.0 Å². The summed E-state index contributed by atoms with van der Waals surface area (Å²) in [6, 6.07) is 9.37. The Bertz CT molecular complexity index is 490. The van der Waals surface area contributed by atoms with Crippen molar-refractivity contribution in [1.82, 2.24) is 15.5 Å². The lowest BCUT2D eigenvalue weighted by atomic mass is 10.1. The maximum Gasteiger partial charge on any atom is 0.322 e. The average Bonchev–Trinajstić information content (AvgIpc) is 2.49. The first-order valence-corrected chi connectivity index (χ1v) is 6.50. The predicted octanol–water partition coefficient (Wildman–Crippen LogP) is 0.0713. The third kappa shape index (κ3) is 6.95. The van der Waals surface area contributed by atoms with E-state index in [2.05, 4.69) is 10.6 Å². The van der Waals surface area contributed by atoms with Gasteiger partial charge in [0.1, 0.15) is 6.54 Å². The number of carbonyl (C=O) groups is 3. The smallest absolute Gasteiger partial charge is 0.322 e. The van der Waals surface area contributed by atoms with Crippen molar-refractivity contribution in [3.8, 4) is 0 Å². The predicted molar refractivity (Wildman–Crippen MR) is 76.8 cm³/mol. The van der Waals surface area contributed by atoms with E-state index in [0.29, 0.717) is 6.54 Å². The van der Waals surface area contributed by atoms with Crippen LogP contribution in [-0.4, -0.2) is 54.6 Å². The Labute approximate surface area is 122 Å². The maximum atomic E-state index is 11.7. The first-order chi connectivity index (χ1) is 9.99. The number of nitrogens with one attached hydrogen (secondary N) is 2. The highest BCUT2D eigenvalue weighted by Gasteiger charge is 2.10. The molecule has 0 fully saturated rings. The van der Waals surface area contributed by atoms with Gasteiger partial charge in [0.05, 0.1) is 6.54 Å². The van der Waals surface area contributed by atoms with Crippen molar-refractivity contribution >= 4 is 17.9 Å². The number of carbonyl (C=O) groups excluding carboxylic acids is 2. The number of nitrogens with zero attached hydrogens (tertiary/aromatic N) is 1. The van der Waals surface area contributed by atoms with Crippen LogP contribution in [0.2, 0.25) is 0 Å². The minimum Gasteiger partial charge on any atom is -0.480 e. The van der Waals surface area contributed by atoms with Crippen molar-refractivity contribution in [1.29, 1.82) is 0 Å². The van der Waals surface area contributed by atoms with E-state index >= 15 is 0 Å². The highest BCUT2D eigenvalue weighted by atomic mass is 16.4. The number of carboxylic acid groups (broad SMARTS) is 1. The number of benzene rings is 1. The third-order valence-electron chi connectivity index (χ3n) is 2.76. The zero-order valence-electron chi connectivity index (χ0n) is 11.8. The quantitative estimate of drug-likeness (QED) is 0.662. The summed E-state index contributed by atoms with van der Waals surface area (Å²) >= 11 is 0. The number of aliphatic carboxylic acids is 1. The standard InChI is InChI=1S/C14H19N3O4/c1-17(8-7-11-5-3-2-4-6-11)14(21)16-9-12(18)15-10-13(19)20/h2-6H,7-10H2,1H3,(H,15,18)(H,16,21)(H,19,20). The van der Waals surface area contributed by atoms with Crippen molar-refractivity contribution in [2.45, 2.75) is 6.42 Å². The molecular formula is C14H19N3O4. The first-order valence-electron chi connectivity index (χ1n) is 6.50. The summed E-state index contributed by atoms with van der Waals surface area (Å²) in [5.41, 5.74) is 1.12. The van der Waals surface area contributed by atoms with Crippen molar-refractivity contribution < 1.29 is 19.5 Å². The number of hydrogen-bond acceptors (Lipinski definition) is 3. The molecule has 0 atom stereocenters. The molecule has 0 aromatic heterocycles. The van der Waals surface area contributed by atoms with Crippen LogP contribution in [0.4, 0.5) is 4.79 Å². The highest BCUT2D eigenvalue weighted by molar-refractivity contribution is 5.86. The fourth-order valence-electron chi connectivity index (χ4n) is 1.57. The van der Waals surface area contributed by atoms with Gasteiger partial charge in [0.15, 0.2) is 0 Å². The zero-order valence-corrected chi connectivity index (χ0v) is 11.8. The number of rotatable bonds is 7. The third-order valence-corrected chi connectivity index (χ3v) is 2.76. The van der Waals surface area contributed by atoms with Crippen LogP contribution >= 0.6 is 0 Å². The van der Waals surface area contributed by atoms with E-state index in [1.807, 2.05) is 30.3 Å². The Balaban J connectivity index is 2.25. The molecule has 0 heterocycles. The Morgan fingerprint density at radius 2 is 1.76 bits per heavy atom. The zero-order chi connectivity index (χ0) is 15.7. The minimum absolute atomic E-state index is 0.248. The first kappa shape index (κ1) is 16.5. The number of hydrogen-bond donors (Lipinski definition) is 3. The molecule has 0 aliphatic rings. The van der Waals surface area contributed by atoms with Gasteiger partial charge in [0, 0.05) is 13.6 Å². The summed E-state index contributed by atoms with van der Waals surface area (Å²) in [4.78, 5) is 34.7. The van der Waals surface area contributed by atoms with Gasteiger partial charge in [-0.25, -0.2) is 4.79 Å². The van der Waals surface area contributed by atoms with E-state index in [0.717, 1.165) is 12.0 Å². The molecule has 7 heteroatoms. The van der Waals surface area contributed by atoms with Crippen LogP contribution in [0, 0.1) is 0 Å². The van der Waals surface area contributed by atoms with Gasteiger partial charge < -0.3 is 20.6 Å². The molecule has 0 spiro atoms. The van der Waals surface area contributed by atoms with E-state index < -0.39 is 18.4 Å². The summed E-state index contributed by atoms with van der Waals surface area (Å²) < 4.78 is 0. The van der Waals surface area contributed by atoms with Gasteiger partial charge in [0.25, 0.3) is 0 Å². The maximum absolute atomic E-state index is 11.7. The van der Waals surface area contributed by atoms with Crippen molar-refractivity contribution in [3.63, 3.8) is 0 Å². The van der Waals surface area contributed by atoms with Crippen molar-refractivity contribution in [2.75, 3.05) is 26.7 Å². The lowest BCUT2D eigenvalue weighted by Crippen LogP contribution is -2.44. The molecule has 1 rings (SSSR count). The summed E-state index contributed by atoms with van der Waals surface area (Å²) in [6.45, 7) is -0.188. The molecule has 0 radical (unpaired) electrons. The van der Waals surface area contributed by atoms with E-state index in [1.54, 1.807) is 7.05 Å². The van der Waals surface area contributed by atoms with Gasteiger partial charge >= 0.3 is 12.0 Å². The minimum atomic E-state index is -1.13. The van der Waals surface area contributed by atoms with E-state index in [4.69, 9.17) is 5.11 Å². The largest absolute Gasteiger partial charge is 0.480 e. The van der Waals surface area contributed by atoms with Gasteiger partial charge in [-0.2, -0.15) is 0 Å². The molecule has 1 aromatic carbocycles. The molecule has 0 aliphatic carbocycles. The van der Waals surface area contributed by atoms with Gasteiger partial charge in [-0.15, -0.1) is 0 Å². The topological polar surface area (TPSA) is 98.7 Å². The van der Waals surface area contributed by atoms with Crippen LogP contribution in [0.25, 0.3) is 0 Å². The Hall–Kier alpha value is -2.57. The summed E-state index contributed by atoms with van der Waals surface area (Å²) in [7, 11) is 1.63. The van der Waals surface area contributed by atoms with Gasteiger partial charge in [-0.3, -0.25) is 9.59 Å². The summed E-state index contributed by atoms with van der Waals surface area (Å²) in [6.07, 6.45) is 0.718. The second-order valence-electron chi connectivity index (χ2n) is 4.49. The van der Waals surface area contributed by atoms with Crippen LogP contribution in [0.1, 0.15) is 5.56 Å². The number of urea groups is 1. The molecule has 0 unspecified atom stereocenters. The Morgan fingerprint density at radius 3 is 2.38 bits per heavy atom. The highest BCUT2D eigenvalue weighted by Crippen LogP contribution is 2.00. The van der Waals surface area contributed by atoms with Crippen LogP contribution in [-0.2, 0) is 16.0 Å². The molecule has 1 aromatic rings. The number of amides is 3. The van der Waals surface area contributed by atoms with Crippen LogP contribution in [0.15, 0.2) is 30.3 Å². The molecular weight excluding hydrogens is 274 g/mol. The van der Waals surface area contributed by atoms with E-state index in [-0.39, 0.29) is 12.6 Å². The summed E-state index contributed by atoms with van der Waals surface area (Å²) in [5, 5.41) is 13.0. The molecule has 0 aliphatic heterocycles. The van der Waals surface area contributed by atoms with Crippen molar-refractivity contribution in [3.05, 3.63) is 35.9 Å². The molecule has 21 heavy (non-hydrogen) atoms. The molecule has 7 nitrogen and oxygen atoms in total. The van der Waals surface area contributed by atoms with E-state index in [9.17, 15) is 14.4 Å². The van der Waals surface area contributed by atoms with Gasteiger partial charge in [-0.1, -0.05) is 30.3 Å². The lowest BCUT2D eigenvalue weighted by Gasteiger charge is -2.17. The fraction of sp³-hybridized carbons (Fsp3) is 0.357. The van der Waals surface area contributed by atoms with E-state index in [1.165, 1.54) is 4.90 Å². The molecule has 0 saturated carbocycles. The molecule has 114 valence electrons. The fourth-order valence-corrected chi connectivity index (χ4v) is 1.57. The molecule has 3 amide bonds. The monoisotopic (exact) mass is 293 g/mol. The SMILES string of the molecule is CN(CCc1ccccc1)C(=O)NCC(=O)NCC(=O)O. The molecule has 0 saturated heterocycles. The van der Waals surface area contributed by atoms with Crippen LogP contribution < -0.4 is 10.6 Å². The lowest BCUT2D eigenvalue weighted by molar-refractivity contribution is -0.137. The normalized spacial score (nSPS) is 9.76. The van der Waals surface area contributed by atoms with Crippen molar-refractivity contribution in [2.24, 2.45) is 0 Å². The Morgan fingerprint density at radius 1 is 1.10 bits per heavy atom. The van der Waals surface area contributed by atoms with Crippen LogP contribution in [0.3, 0.4) is 0 Å². The second-order valence-corrected chi connectivity index (χ2v) is 4.49. The Kier molecular flexibility index (Phi) is 6.73. The second kappa shape index (κ2) is 8.57. The molecule has 3 N–H and O–H groups in total. The number of likely N-dealkylation sites (N-methyl/N-ethyl adjacent to an activating group) is 1. The summed E-state index contributed by atoms with van der Waals surface area (Å²) in [5.74, 6) is -1.67. The van der Waals surface area contributed by atoms with Gasteiger partial charge in [0.2, 0.25) is 5.91 Å². The molecule has 0 bridgehead atoms. The number of carboxylic acids is 1.